The monoisotopic (exact) mass is 457 g/mol. The number of ether oxygens (including phenoxy) is 3. The van der Waals surface area contributed by atoms with Crippen LogP contribution in [0.25, 0.3) is 0 Å². The van der Waals surface area contributed by atoms with Gasteiger partial charge in [0.25, 0.3) is 0 Å². The highest BCUT2D eigenvalue weighted by molar-refractivity contribution is 6.62. The molecule has 0 aliphatic carbocycles. The molecule has 1 aromatic carbocycles. The summed E-state index contributed by atoms with van der Waals surface area (Å²) < 4.78 is 22.2. The van der Waals surface area contributed by atoms with E-state index in [1.807, 2.05) is 6.07 Å². The largest absolute Gasteiger partial charge is 0.495 e. The molecular weight excluding hydrogens is 424 g/mol. The minimum Gasteiger partial charge on any atom is -0.490 e. The van der Waals surface area contributed by atoms with Gasteiger partial charge in [-0.05, 0) is 53.2 Å². The summed E-state index contributed by atoms with van der Waals surface area (Å²) in [7, 11) is -1.15. The lowest BCUT2D eigenvalue weighted by molar-refractivity contribution is -0.170. The molecule has 0 saturated carbocycles. The molecule has 0 saturated heterocycles. The number of carbonyl (C=O) groups is 2. The molecule has 0 spiro atoms. The van der Waals surface area contributed by atoms with Crippen molar-refractivity contribution in [2.24, 2.45) is 16.6 Å². The maximum Gasteiger partial charge on any atom is 0.495 e. The lowest BCUT2D eigenvalue weighted by Crippen LogP contribution is -2.37. The highest BCUT2D eigenvalue weighted by Crippen LogP contribution is 2.27. The summed E-state index contributed by atoms with van der Waals surface area (Å²) in [6, 6.07) is 5.28. The smallest absolute Gasteiger partial charge is 0.490 e. The minimum absolute atomic E-state index is 0. The molecule has 2 atom stereocenters. The Morgan fingerprint density at radius 1 is 1.13 bits per heavy atom. The van der Waals surface area contributed by atoms with E-state index in [4.69, 9.17) is 24.6 Å². The molecule has 1 aliphatic rings. The van der Waals surface area contributed by atoms with E-state index in [-0.39, 0.29) is 32.2 Å². The van der Waals surface area contributed by atoms with Crippen molar-refractivity contribution in [3.8, 4) is 5.75 Å². The summed E-state index contributed by atoms with van der Waals surface area (Å²) in [5, 5.41) is 10.2. The van der Waals surface area contributed by atoms with Gasteiger partial charge in [0.05, 0.1) is 16.9 Å². The van der Waals surface area contributed by atoms with E-state index in [0.717, 1.165) is 5.56 Å². The zero-order valence-corrected chi connectivity index (χ0v) is 19.8. The van der Waals surface area contributed by atoms with Crippen molar-refractivity contribution in [2.45, 2.75) is 53.8 Å². The van der Waals surface area contributed by atoms with E-state index in [0.29, 0.717) is 11.2 Å². The van der Waals surface area contributed by atoms with Crippen LogP contribution in [0.15, 0.2) is 18.2 Å². The summed E-state index contributed by atoms with van der Waals surface area (Å²) in [6.07, 6.45) is -1.23. The maximum absolute atomic E-state index is 12.4. The molecule has 1 aliphatic heterocycles. The first-order valence-corrected chi connectivity index (χ1v) is 10.0. The van der Waals surface area contributed by atoms with E-state index >= 15 is 0 Å². The number of hydrogen-bond donors (Lipinski definition) is 2. The van der Waals surface area contributed by atoms with Gasteiger partial charge in [-0.15, -0.1) is 12.4 Å². The van der Waals surface area contributed by atoms with E-state index in [1.54, 1.807) is 53.7 Å². The average Bonchev–Trinajstić information content (AvgIpc) is 2.98. The van der Waals surface area contributed by atoms with Crippen molar-refractivity contribution < 1.29 is 33.5 Å². The molecule has 10 heteroatoms. The van der Waals surface area contributed by atoms with Gasteiger partial charge >= 0.3 is 19.1 Å². The van der Waals surface area contributed by atoms with Gasteiger partial charge in [-0.1, -0.05) is 12.1 Å². The molecule has 0 amide bonds. The van der Waals surface area contributed by atoms with Crippen LogP contribution in [0.5, 0.6) is 5.75 Å². The lowest BCUT2D eigenvalue weighted by Gasteiger charge is -2.25. The Bertz CT molecular complexity index is 776. The first-order chi connectivity index (χ1) is 13.8. The molecule has 1 aromatic rings. The highest BCUT2D eigenvalue weighted by atomic mass is 35.5. The molecule has 0 radical (unpaired) electrons. The Morgan fingerprint density at radius 2 is 1.74 bits per heavy atom. The van der Waals surface area contributed by atoms with Crippen molar-refractivity contribution in [1.82, 2.24) is 0 Å². The van der Waals surface area contributed by atoms with Crippen LogP contribution < -0.4 is 15.9 Å². The van der Waals surface area contributed by atoms with E-state index in [1.165, 1.54) is 0 Å². The van der Waals surface area contributed by atoms with Crippen molar-refractivity contribution in [1.29, 1.82) is 0 Å². The Labute approximate surface area is 190 Å². The third-order valence-corrected chi connectivity index (χ3v) is 4.52. The van der Waals surface area contributed by atoms with E-state index in [9.17, 15) is 14.6 Å². The van der Waals surface area contributed by atoms with Gasteiger partial charge in [0.15, 0.2) is 6.10 Å². The molecule has 2 rings (SSSR count). The van der Waals surface area contributed by atoms with Gasteiger partial charge in [-0.2, -0.15) is 0 Å². The number of carbonyl (C=O) groups excluding carboxylic acids is 2. The van der Waals surface area contributed by atoms with Crippen LogP contribution in [0.1, 0.15) is 53.2 Å². The number of nitrogens with two attached hydrogens (primary N) is 1. The van der Waals surface area contributed by atoms with Crippen LogP contribution >= 0.6 is 12.4 Å². The normalized spacial score (nSPS) is 16.8. The maximum atomic E-state index is 12.4. The van der Waals surface area contributed by atoms with Gasteiger partial charge in [0.1, 0.15) is 19.0 Å². The molecule has 0 unspecified atom stereocenters. The number of hydrogen-bond acceptors (Lipinski definition) is 8. The number of esters is 2. The predicted octanol–water partition coefficient (Wildman–Crippen LogP) is 1.75. The summed E-state index contributed by atoms with van der Waals surface area (Å²) in [4.78, 5) is 24.5. The van der Waals surface area contributed by atoms with Gasteiger partial charge in [0, 0.05) is 12.0 Å². The molecule has 8 nitrogen and oxygen atoms in total. The molecule has 0 aromatic heterocycles. The molecule has 31 heavy (non-hydrogen) atoms. The molecule has 174 valence electrons. The molecule has 1 heterocycles. The summed E-state index contributed by atoms with van der Waals surface area (Å²) in [6.45, 7) is 10.5. The summed E-state index contributed by atoms with van der Waals surface area (Å²) in [5.41, 5.74) is 5.55. The fraction of sp³-hybridized carbons (Fsp3) is 0.619. The number of halogens is 1. The van der Waals surface area contributed by atoms with Crippen molar-refractivity contribution in [3.63, 3.8) is 0 Å². The van der Waals surface area contributed by atoms with Gasteiger partial charge in [0.2, 0.25) is 0 Å². The Hall–Kier alpha value is -1.81. The molecular formula is C21H33BClNO7. The fourth-order valence-electron chi connectivity index (χ4n) is 2.72. The van der Waals surface area contributed by atoms with Crippen molar-refractivity contribution in [2.75, 3.05) is 19.8 Å². The van der Waals surface area contributed by atoms with Crippen LogP contribution in [0, 0.1) is 10.8 Å². The van der Waals surface area contributed by atoms with Gasteiger partial charge < -0.3 is 29.6 Å². The van der Waals surface area contributed by atoms with E-state index in [2.05, 4.69) is 0 Å². The molecule has 0 fully saturated rings. The van der Waals surface area contributed by atoms with Crippen LogP contribution in [0.2, 0.25) is 0 Å². The van der Waals surface area contributed by atoms with Crippen molar-refractivity contribution in [3.05, 3.63) is 23.8 Å². The first-order valence-electron chi connectivity index (χ1n) is 10.0. The average molecular weight is 458 g/mol. The lowest BCUT2D eigenvalue weighted by atomic mass is 9.78. The third kappa shape index (κ3) is 7.10. The predicted molar refractivity (Wildman–Crippen MR) is 119 cm³/mol. The van der Waals surface area contributed by atoms with Gasteiger partial charge in [-0.3, -0.25) is 9.59 Å². The summed E-state index contributed by atoms with van der Waals surface area (Å²) >= 11 is 0. The third-order valence-electron chi connectivity index (χ3n) is 4.52. The minimum atomic E-state index is -1.15. The summed E-state index contributed by atoms with van der Waals surface area (Å²) in [5.74, 6) is -0.447. The van der Waals surface area contributed by atoms with Crippen LogP contribution in [0.3, 0.4) is 0 Å². The fourth-order valence-corrected chi connectivity index (χ4v) is 2.72. The first kappa shape index (κ1) is 27.2. The number of benzene rings is 1. The van der Waals surface area contributed by atoms with Crippen molar-refractivity contribution >= 4 is 36.9 Å². The highest BCUT2D eigenvalue weighted by Gasteiger charge is 2.37. The molecule has 3 N–H and O–H groups in total. The molecule has 0 bridgehead atoms. The SMILES string of the molecule is CC(C)(C)C(=O)OC[C@H](COc1cccc2c1B(O)O[C@@H]2CN)OC(=O)C(C)(C)C.Cl. The van der Waals surface area contributed by atoms with Crippen LogP contribution in [-0.2, 0) is 23.7 Å². The number of fused-ring (bicyclic) bond motifs is 1. The second-order valence-corrected chi connectivity index (χ2v) is 9.41. The second kappa shape index (κ2) is 10.7. The zero-order valence-electron chi connectivity index (χ0n) is 19.0. The topological polar surface area (TPSA) is 117 Å². The number of rotatable bonds is 7. The Morgan fingerprint density at radius 3 is 2.29 bits per heavy atom. The second-order valence-electron chi connectivity index (χ2n) is 9.41. The standard InChI is InChI=1S/C21H32BNO7.ClH/c1-20(2,3)18(24)28-12-13(29-19(25)21(4,5)6)11-27-15-9-7-8-14-16(10-23)30-22(26)17(14)15;/h7-9,13,16,26H,10-12,23H2,1-6H3;1H/t13-,16+;/m0./s1. The van der Waals surface area contributed by atoms with E-state index < -0.39 is 42.1 Å². The Balaban J connectivity index is 0.00000480. The quantitative estimate of drug-likeness (QED) is 0.470. The Kier molecular flexibility index (Phi) is 9.38. The van der Waals surface area contributed by atoms with Crippen LogP contribution in [0.4, 0.5) is 0 Å². The van der Waals surface area contributed by atoms with Crippen LogP contribution in [-0.4, -0.2) is 49.9 Å². The zero-order chi connectivity index (χ0) is 22.7. The van der Waals surface area contributed by atoms with Gasteiger partial charge in [-0.25, -0.2) is 0 Å².